The van der Waals surface area contributed by atoms with Crippen LogP contribution in [0.2, 0.25) is 0 Å². The average molecular weight is 166 g/mol. The van der Waals surface area contributed by atoms with Gasteiger partial charge < -0.3 is 0 Å². The van der Waals surface area contributed by atoms with Gasteiger partial charge in [-0.05, 0) is 19.8 Å². The zero-order valence-electron chi connectivity index (χ0n) is 7.05. The first-order valence-electron chi connectivity index (χ1n) is 3.72. The van der Waals surface area contributed by atoms with Crippen molar-refractivity contribution < 1.29 is 4.39 Å². The van der Waals surface area contributed by atoms with Gasteiger partial charge in [0.2, 0.25) is 0 Å². The van der Waals surface area contributed by atoms with Crippen molar-refractivity contribution in [1.29, 1.82) is 10.5 Å². The number of rotatable bonds is 4. The fourth-order valence-electron chi connectivity index (χ4n) is 0.616. The summed E-state index contributed by atoms with van der Waals surface area (Å²) in [5.41, 5.74) is -0.965. The van der Waals surface area contributed by atoms with Crippen LogP contribution in [0, 0.1) is 28.1 Å². The van der Waals surface area contributed by atoms with E-state index >= 15 is 0 Å². The van der Waals surface area contributed by atoms with E-state index in [0.717, 1.165) is 0 Å². The molecule has 0 heterocycles. The first kappa shape index (κ1) is 10.7. The molecule has 0 aromatic rings. The van der Waals surface area contributed by atoms with Gasteiger partial charge in [-0.15, -0.1) is 0 Å². The SMILES string of the molecule is CC(C#N)(C#N)C/C=C/CCF. The van der Waals surface area contributed by atoms with Gasteiger partial charge in [-0.3, -0.25) is 4.39 Å². The highest BCUT2D eigenvalue weighted by Crippen LogP contribution is 2.18. The molecule has 0 unspecified atom stereocenters. The number of hydrogen-bond acceptors (Lipinski definition) is 2. The third-order valence-electron chi connectivity index (χ3n) is 1.46. The largest absolute Gasteiger partial charge is 0.251 e. The van der Waals surface area contributed by atoms with Crippen molar-refractivity contribution in [2.24, 2.45) is 5.41 Å². The lowest BCUT2D eigenvalue weighted by Gasteiger charge is -2.06. The van der Waals surface area contributed by atoms with E-state index in [1.807, 2.05) is 12.1 Å². The molecule has 0 N–H and O–H groups in total. The lowest BCUT2D eigenvalue weighted by atomic mass is 9.90. The van der Waals surface area contributed by atoms with Gasteiger partial charge in [0.25, 0.3) is 0 Å². The molecule has 0 radical (unpaired) electrons. The van der Waals surface area contributed by atoms with E-state index in [9.17, 15) is 4.39 Å². The second kappa shape index (κ2) is 5.32. The second-order valence-electron chi connectivity index (χ2n) is 2.71. The summed E-state index contributed by atoms with van der Waals surface area (Å²) in [5.74, 6) is 0. The quantitative estimate of drug-likeness (QED) is 0.602. The maximum absolute atomic E-state index is 11.6. The summed E-state index contributed by atoms with van der Waals surface area (Å²) in [4.78, 5) is 0. The molecule has 0 atom stereocenters. The topological polar surface area (TPSA) is 47.6 Å². The number of allylic oxidation sites excluding steroid dienone is 2. The zero-order valence-corrected chi connectivity index (χ0v) is 7.05. The van der Waals surface area contributed by atoms with Crippen molar-refractivity contribution in [2.45, 2.75) is 19.8 Å². The predicted octanol–water partition coefficient (Wildman–Crippen LogP) is 2.35. The molecule has 12 heavy (non-hydrogen) atoms. The molecule has 0 spiro atoms. The van der Waals surface area contributed by atoms with Crippen LogP contribution in [0.3, 0.4) is 0 Å². The van der Waals surface area contributed by atoms with Crippen molar-refractivity contribution in [3.63, 3.8) is 0 Å². The minimum atomic E-state index is -0.965. The van der Waals surface area contributed by atoms with E-state index in [0.29, 0.717) is 12.8 Å². The molecule has 64 valence electrons. The molecular formula is C9H11FN2. The fourth-order valence-corrected chi connectivity index (χ4v) is 0.616. The number of nitrogens with zero attached hydrogens (tertiary/aromatic N) is 2. The average Bonchev–Trinajstić information content (AvgIpc) is 2.12. The van der Waals surface area contributed by atoms with Crippen LogP contribution in [0.15, 0.2) is 12.2 Å². The number of hydrogen-bond donors (Lipinski definition) is 0. The first-order chi connectivity index (χ1) is 5.68. The molecule has 0 aromatic carbocycles. The van der Waals surface area contributed by atoms with Gasteiger partial charge in [-0.25, -0.2) is 0 Å². The third-order valence-corrected chi connectivity index (χ3v) is 1.46. The summed E-state index contributed by atoms with van der Waals surface area (Å²) in [5, 5.41) is 17.1. The third kappa shape index (κ3) is 3.73. The zero-order chi connectivity index (χ0) is 9.45. The van der Waals surface area contributed by atoms with E-state index in [-0.39, 0.29) is 0 Å². The van der Waals surface area contributed by atoms with Gasteiger partial charge >= 0.3 is 0 Å². The molecule has 0 fully saturated rings. The number of halogens is 1. The Hall–Kier alpha value is -1.35. The summed E-state index contributed by atoms with van der Waals surface area (Å²) in [6.07, 6.45) is 4.03. The van der Waals surface area contributed by atoms with Gasteiger partial charge in [0, 0.05) is 0 Å². The monoisotopic (exact) mass is 166 g/mol. The van der Waals surface area contributed by atoms with Gasteiger partial charge in [0.15, 0.2) is 0 Å². The molecule has 0 aliphatic heterocycles. The Morgan fingerprint density at radius 2 is 1.92 bits per heavy atom. The van der Waals surface area contributed by atoms with Crippen molar-refractivity contribution in [2.75, 3.05) is 6.67 Å². The van der Waals surface area contributed by atoms with E-state index in [1.165, 1.54) is 0 Å². The van der Waals surface area contributed by atoms with Gasteiger partial charge in [-0.2, -0.15) is 10.5 Å². The fraction of sp³-hybridized carbons (Fsp3) is 0.556. The van der Waals surface area contributed by atoms with Crippen molar-refractivity contribution in [3.05, 3.63) is 12.2 Å². The standard InChI is InChI=1S/C9H11FN2/c1-9(7-11,8-12)5-3-2-4-6-10/h2-3H,4-6H2,1H3/b3-2+. The maximum atomic E-state index is 11.6. The Morgan fingerprint density at radius 1 is 1.33 bits per heavy atom. The highest BCUT2D eigenvalue weighted by Gasteiger charge is 2.20. The molecule has 0 saturated heterocycles. The highest BCUT2D eigenvalue weighted by atomic mass is 19.1. The summed E-state index contributed by atoms with van der Waals surface area (Å²) in [6.45, 7) is 1.17. The predicted molar refractivity (Wildman–Crippen MR) is 43.7 cm³/mol. The van der Waals surface area contributed by atoms with Gasteiger partial charge in [-0.1, -0.05) is 12.2 Å². The second-order valence-corrected chi connectivity index (χ2v) is 2.71. The highest BCUT2D eigenvalue weighted by molar-refractivity contribution is 5.13. The summed E-state index contributed by atoms with van der Waals surface area (Å²) >= 11 is 0. The normalized spacial score (nSPS) is 11.0. The van der Waals surface area contributed by atoms with E-state index in [2.05, 4.69) is 0 Å². The maximum Gasteiger partial charge on any atom is 0.144 e. The van der Waals surface area contributed by atoms with E-state index < -0.39 is 12.1 Å². The number of nitriles is 2. The Balaban J connectivity index is 3.93. The minimum absolute atomic E-state index is 0.354. The summed E-state index contributed by atoms with van der Waals surface area (Å²) in [7, 11) is 0. The van der Waals surface area contributed by atoms with Crippen molar-refractivity contribution in [3.8, 4) is 12.1 Å². The van der Waals surface area contributed by atoms with Crippen LogP contribution in [-0.2, 0) is 0 Å². The minimum Gasteiger partial charge on any atom is -0.251 e. The van der Waals surface area contributed by atoms with Gasteiger partial charge in [0.1, 0.15) is 5.41 Å². The molecule has 3 heteroatoms. The lowest BCUT2D eigenvalue weighted by molar-refractivity contribution is 0.500. The molecular weight excluding hydrogens is 155 g/mol. The smallest absolute Gasteiger partial charge is 0.144 e. The van der Waals surface area contributed by atoms with Crippen LogP contribution in [0.1, 0.15) is 19.8 Å². The van der Waals surface area contributed by atoms with Crippen LogP contribution in [0.25, 0.3) is 0 Å². The van der Waals surface area contributed by atoms with Crippen LogP contribution < -0.4 is 0 Å². The summed E-state index contributed by atoms with van der Waals surface area (Å²) in [6, 6.07) is 3.80. The van der Waals surface area contributed by atoms with Crippen molar-refractivity contribution >= 4 is 0 Å². The van der Waals surface area contributed by atoms with E-state index in [4.69, 9.17) is 10.5 Å². The Labute approximate surface area is 71.9 Å². The lowest BCUT2D eigenvalue weighted by Crippen LogP contribution is -2.08. The van der Waals surface area contributed by atoms with Crippen LogP contribution in [0.4, 0.5) is 4.39 Å². The number of alkyl halides is 1. The molecule has 0 rings (SSSR count). The van der Waals surface area contributed by atoms with Gasteiger partial charge in [0.05, 0.1) is 18.8 Å². The molecule has 0 amide bonds. The van der Waals surface area contributed by atoms with E-state index in [1.54, 1.807) is 19.1 Å². The van der Waals surface area contributed by atoms with Crippen LogP contribution in [-0.4, -0.2) is 6.67 Å². The Bertz CT molecular complexity index is 218. The molecule has 2 nitrogen and oxygen atoms in total. The van der Waals surface area contributed by atoms with Crippen LogP contribution >= 0.6 is 0 Å². The van der Waals surface area contributed by atoms with Crippen LogP contribution in [0.5, 0.6) is 0 Å². The first-order valence-corrected chi connectivity index (χ1v) is 3.72. The molecule has 0 bridgehead atoms. The Morgan fingerprint density at radius 3 is 2.33 bits per heavy atom. The van der Waals surface area contributed by atoms with Crippen molar-refractivity contribution in [1.82, 2.24) is 0 Å². The molecule has 0 aliphatic carbocycles. The summed E-state index contributed by atoms with van der Waals surface area (Å²) < 4.78 is 11.6. The molecule has 0 aliphatic rings. The molecule has 0 aromatic heterocycles. The Kier molecular flexibility index (Phi) is 4.72. The molecule has 0 saturated carbocycles.